The van der Waals surface area contributed by atoms with E-state index in [1.54, 1.807) is 12.4 Å². The van der Waals surface area contributed by atoms with E-state index < -0.39 is 9.84 Å². The third-order valence-corrected chi connectivity index (χ3v) is 5.12. The Morgan fingerprint density at radius 1 is 1.41 bits per heavy atom. The maximum atomic E-state index is 11.4. The predicted octanol–water partition coefficient (Wildman–Crippen LogP) is 0.791. The van der Waals surface area contributed by atoms with Gasteiger partial charge in [0.1, 0.15) is 0 Å². The maximum Gasteiger partial charge on any atom is 0.152 e. The SMILES string of the molecule is CC1(NCCc2ccncc2)CCS(=O)(=O)C1. The summed E-state index contributed by atoms with van der Waals surface area (Å²) in [6.07, 6.45) is 5.16. The van der Waals surface area contributed by atoms with Crippen molar-refractivity contribution in [1.29, 1.82) is 0 Å². The lowest BCUT2D eigenvalue weighted by atomic mass is 10.0. The Hall–Kier alpha value is -0.940. The van der Waals surface area contributed by atoms with Gasteiger partial charge in [-0.2, -0.15) is 0 Å². The zero-order valence-corrected chi connectivity index (χ0v) is 10.8. The molecule has 5 heteroatoms. The Labute approximate surface area is 102 Å². The van der Waals surface area contributed by atoms with Crippen molar-refractivity contribution in [2.75, 3.05) is 18.1 Å². The smallest absolute Gasteiger partial charge is 0.152 e. The molecular weight excluding hydrogens is 236 g/mol. The predicted molar refractivity (Wildman–Crippen MR) is 67.6 cm³/mol. The van der Waals surface area contributed by atoms with Gasteiger partial charge in [-0.1, -0.05) is 0 Å². The van der Waals surface area contributed by atoms with Crippen LogP contribution < -0.4 is 5.32 Å². The number of hydrogen-bond acceptors (Lipinski definition) is 4. The van der Waals surface area contributed by atoms with Gasteiger partial charge in [0.05, 0.1) is 11.5 Å². The Kier molecular flexibility index (Phi) is 3.49. The van der Waals surface area contributed by atoms with E-state index in [2.05, 4.69) is 10.3 Å². The van der Waals surface area contributed by atoms with E-state index in [0.717, 1.165) is 13.0 Å². The van der Waals surface area contributed by atoms with Gasteiger partial charge in [0.25, 0.3) is 0 Å². The zero-order valence-electron chi connectivity index (χ0n) is 10.0. The van der Waals surface area contributed by atoms with Crippen molar-refractivity contribution in [1.82, 2.24) is 10.3 Å². The van der Waals surface area contributed by atoms with Gasteiger partial charge in [-0.15, -0.1) is 0 Å². The highest BCUT2D eigenvalue weighted by molar-refractivity contribution is 7.91. The van der Waals surface area contributed by atoms with E-state index in [4.69, 9.17) is 0 Å². The van der Waals surface area contributed by atoms with Gasteiger partial charge in [0, 0.05) is 17.9 Å². The number of hydrogen-bond donors (Lipinski definition) is 1. The average Bonchev–Trinajstić information content (AvgIpc) is 2.55. The molecule has 4 nitrogen and oxygen atoms in total. The average molecular weight is 254 g/mol. The molecule has 0 radical (unpaired) electrons. The highest BCUT2D eigenvalue weighted by Crippen LogP contribution is 2.22. The Bertz CT molecular complexity index is 473. The summed E-state index contributed by atoms with van der Waals surface area (Å²) in [6.45, 7) is 2.79. The van der Waals surface area contributed by atoms with Crippen LogP contribution in [-0.2, 0) is 16.3 Å². The van der Waals surface area contributed by atoms with Gasteiger partial charge >= 0.3 is 0 Å². The molecule has 2 heterocycles. The quantitative estimate of drug-likeness (QED) is 0.863. The zero-order chi connectivity index (χ0) is 12.4. The molecule has 1 aliphatic heterocycles. The lowest BCUT2D eigenvalue weighted by molar-refractivity contribution is 0.400. The highest BCUT2D eigenvalue weighted by atomic mass is 32.2. The van der Waals surface area contributed by atoms with E-state index in [1.807, 2.05) is 19.1 Å². The van der Waals surface area contributed by atoms with Crippen LogP contribution in [0.4, 0.5) is 0 Å². The largest absolute Gasteiger partial charge is 0.310 e. The summed E-state index contributed by atoms with van der Waals surface area (Å²) in [7, 11) is -2.82. The first-order valence-electron chi connectivity index (χ1n) is 5.84. The topological polar surface area (TPSA) is 59.1 Å². The van der Waals surface area contributed by atoms with Crippen molar-refractivity contribution in [3.05, 3.63) is 30.1 Å². The molecule has 1 aliphatic rings. The molecule has 1 aromatic rings. The lowest BCUT2D eigenvalue weighted by Crippen LogP contribution is -2.44. The second-order valence-electron chi connectivity index (χ2n) is 4.93. The molecule has 1 atom stereocenters. The van der Waals surface area contributed by atoms with Gasteiger partial charge in [-0.25, -0.2) is 8.42 Å². The van der Waals surface area contributed by atoms with Crippen LogP contribution in [0.5, 0.6) is 0 Å². The second kappa shape index (κ2) is 4.74. The molecule has 0 bridgehead atoms. The molecule has 0 aliphatic carbocycles. The Morgan fingerprint density at radius 2 is 2.12 bits per heavy atom. The summed E-state index contributed by atoms with van der Waals surface area (Å²) in [4.78, 5) is 3.96. The van der Waals surface area contributed by atoms with E-state index >= 15 is 0 Å². The molecule has 17 heavy (non-hydrogen) atoms. The number of rotatable bonds is 4. The van der Waals surface area contributed by atoms with Gasteiger partial charge in [-0.05, 0) is 44.0 Å². The van der Waals surface area contributed by atoms with Gasteiger partial charge in [0.2, 0.25) is 0 Å². The van der Waals surface area contributed by atoms with Crippen LogP contribution in [0.25, 0.3) is 0 Å². The number of nitrogens with one attached hydrogen (secondary N) is 1. The van der Waals surface area contributed by atoms with Crippen LogP contribution in [0, 0.1) is 0 Å². The molecule has 1 saturated heterocycles. The van der Waals surface area contributed by atoms with E-state index in [0.29, 0.717) is 12.2 Å². The molecular formula is C12H18N2O2S. The van der Waals surface area contributed by atoms with E-state index in [9.17, 15) is 8.42 Å². The van der Waals surface area contributed by atoms with Crippen LogP contribution in [0.2, 0.25) is 0 Å². The lowest BCUT2D eigenvalue weighted by Gasteiger charge is -2.23. The minimum Gasteiger partial charge on any atom is -0.310 e. The summed E-state index contributed by atoms with van der Waals surface area (Å²) in [6, 6.07) is 3.96. The molecule has 0 amide bonds. The molecule has 1 fully saturated rings. The fraction of sp³-hybridized carbons (Fsp3) is 0.583. The Morgan fingerprint density at radius 3 is 2.71 bits per heavy atom. The molecule has 0 saturated carbocycles. The van der Waals surface area contributed by atoms with Crippen LogP contribution in [0.3, 0.4) is 0 Å². The summed E-state index contributed by atoms with van der Waals surface area (Å²) in [5.41, 5.74) is 0.975. The third-order valence-electron chi connectivity index (χ3n) is 3.22. The van der Waals surface area contributed by atoms with Crippen molar-refractivity contribution < 1.29 is 8.42 Å². The van der Waals surface area contributed by atoms with Crippen LogP contribution in [0.15, 0.2) is 24.5 Å². The fourth-order valence-corrected chi connectivity index (χ4v) is 4.33. The minimum absolute atomic E-state index is 0.244. The molecule has 1 unspecified atom stereocenters. The highest BCUT2D eigenvalue weighted by Gasteiger charge is 2.37. The summed E-state index contributed by atoms with van der Waals surface area (Å²) >= 11 is 0. The first-order valence-corrected chi connectivity index (χ1v) is 7.66. The van der Waals surface area contributed by atoms with Crippen LogP contribution in [0.1, 0.15) is 18.9 Å². The monoisotopic (exact) mass is 254 g/mol. The van der Waals surface area contributed by atoms with Crippen molar-refractivity contribution >= 4 is 9.84 Å². The first-order chi connectivity index (χ1) is 7.99. The molecule has 94 valence electrons. The summed E-state index contributed by atoms with van der Waals surface area (Å²) < 4.78 is 22.9. The second-order valence-corrected chi connectivity index (χ2v) is 7.12. The van der Waals surface area contributed by atoms with Gasteiger partial charge < -0.3 is 5.32 Å². The molecule has 1 aromatic heterocycles. The van der Waals surface area contributed by atoms with Crippen LogP contribution >= 0.6 is 0 Å². The summed E-state index contributed by atoms with van der Waals surface area (Å²) in [5.74, 6) is 0.572. The number of pyridine rings is 1. The van der Waals surface area contributed by atoms with Crippen molar-refractivity contribution in [2.24, 2.45) is 0 Å². The fourth-order valence-electron chi connectivity index (χ4n) is 2.21. The molecule has 0 spiro atoms. The van der Waals surface area contributed by atoms with Crippen LogP contribution in [-0.4, -0.2) is 37.0 Å². The van der Waals surface area contributed by atoms with Crippen molar-refractivity contribution in [2.45, 2.75) is 25.3 Å². The summed E-state index contributed by atoms with van der Waals surface area (Å²) in [5, 5.41) is 3.36. The molecule has 0 aromatic carbocycles. The number of nitrogens with zero attached hydrogens (tertiary/aromatic N) is 1. The minimum atomic E-state index is -2.82. The third kappa shape index (κ3) is 3.51. The van der Waals surface area contributed by atoms with E-state index in [1.165, 1.54) is 5.56 Å². The van der Waals surface area contributed by atoms with E-state index in [-0.39, 0.29) is 11.3 Å². The maximum absolute atomic E-state index is 11.4. The number of aromatic nitrogens is 1. The Balaban J connectivity index is 1.83. The molecule has 1 N–H and O–H groups in total. The molecule has 2 rings (SSSR count). The van der Waals surface area contributed by atoms with Gasteiger partial charge in [-0.3, -0.25) is 4.98 Å². The van der Waals surface area contributed by atoms with Gasteiger partial charge in [0.15, 0.2) is 9.84 Å². The van der Waals surface area contributed by atoms with Crippen molar-refractivity contribution in [3.8, 4) is 0 Å². The first kappa shape index (κ1) is 12.5. The standard InChI is InChI=1S/C12H18N2O2S/c1-12(5-9-17(15,16)10-12)14-8-4-11-2-6-13-7-3-11/h2-3,6-7,14H,4-5,8-10H2,1H3. The normalized spacial score (nSPS) is 27.1. The van der Waals surface area contributed by atoms with Crippen molar-refractivity contribution in [3.63, 3.8) is 0 Å². The number of sulfone groups is 1.